The average Bonchev–Trinajstić information content (AvgIpc) is 3.53. The number of benzene rings is 3. The highest BCUT2D eigenvalue weighted by molar-refractivity contribution is 6.10. The first-order chi connectivity index (χ1) is 18.3. The molecule has 0 amide bonds. The van der Waals surface area contributed by atoms with Gasteiger partial charge in [-0.2, -0.15) is 0 Å². The van der Waals surface area contributed by atoms with E-state index in [9.17, 15) is 0 Å². The van der Waals surface area contributed by atoms with E-state index in [1.54, 1.807) is 0 Å². The number of nitrogens with zero attached hydrogens (tertiary/aromatic N) is 4. The summed E-state index contributed by atoms with van der Waals surface area (Å²) in [7, 11) is 2.18. The molecule has 38 heavy (non-hydrogen) atoms. The Morgan fingerprint density at radius 2 is 1.55 bits per heavy atom. The van der Waals surface area contributed by atoms with Crippen LogP contribution < -0.4 is 9.80 Å². The molecule has 1 atom stereocenters. The maximum Gasteiger partial charge on any atom is 0.227 e. The first-order valence-electron chi connectivity index (χ1n) is 13.3. The van der Waals surface area contributed by atoms with Gasteiger partial charge in [0.25, 0.3) is 0 Å². The van der Waals surface area contributed by atoms with Crippen LogP contribution in [0, 0.1) is 13.8 Å². The lowest BCUT2D eigenvalue weighted by Crippen LogP contribution is -2.50. The van der Waals surface area contributed by atoms with E-state index >= 15 is 0 Å². The molecule has 0 saturated carbocycles. The fraction of sp³-hybridized carbons (Fsp3) is 0.242. The van der Waals surface area contributed by atoms with Crippen LogP contribution in [-0.2, 0) is 12.6 Å². The summed E-state index contributed by atoms with van der Waals surface area (Å²) in [6.07, 6.45) is 0.0487. The molecule has 1 aliphatic heterocycles. The zero-order valence-electron chi connectivity index (χ0n) is 22.8. The van der Waals surface area contributed by atoms with Crippen molar-refractivity contribution in [3.05, 3.63) is 95.8 Å². The Morgan fingerprint density at radius 1 is 0.842 bits per heavy atom. The second-order valence-corrected chi connectivity index (χ2v) is 11.1. The summed E-state index contributed by atoms with van der Waals surface area (Å²) < 4.78 is 8.85. The molecular formula is C33H32N4O. The summed E-state index contributed by atoms with van der Waals surface area (Å²) in [5.41, 5.74) is 9.48. The average molecular weight is 501 g/mol. The van der Waals surface area contributed by atoms with Gasteiger partial charge in [-0.3, -0.25) is 0 Å². The minimum Gasteiger partial charge on any atom is -0.435 e. The molecule has 0 spiro atoms. The van der Waals surface area contributed by atoms with Crippen molar-refractivity contribution in [1.29, 1.82) is 0 Å². The summed E-state index contributed by atoms with van der Waals surface area (Å²) in [4.78, 5) is 9.71. The van der Waals surface area contributed by atoms with Gasteiger partial charge in [-0.25, -0.2) is 4.98 Å². The van der Waals surface area contributed by atoms with Gasteiger partial charge < -0.3 is 18.8 Å². The predicted molar refractivity (Wildman–Crippen MR) is 157 cm³/mol. The van der Waals surface area contributed by atoms with Crippen LogP contribution in [0.1, 0.15) is 37.7 Å². The topological polar surface area (TPSA) is 37.4 Å². The van der Waals surface area contributed by atoms with Crippen LogP contribution in [0.5, 0.6) is 0 Å². The number of hydrogen-bond acceptors (Lipinski definition) is 4. The molecule has 1 aliphatic rings. The van der Waals surface area contributed by atoms with E-state index in [4.69, 9.17) is 9.40 Å². The van der Waals surface area contributed by atoms with Crippen LogP contribution in [0.4, 0.5) is 17.1 Å². The van der Waals surface area contributed by atoms with Crippen molar-refractivity contribution in [2.24, 2.45) is 7.05 Å². The minimum absolute atomic E-state index is 0.0487. The summed E-state index contributed by atoms with van der Waals surface area (Å²) in [5.74, 6) is 0. The molecule has 0 aliphatic carbocycles. The van der Waals surface area contributed by atoms with E-state index in [0.717, 1.165) is 27.7 Å². The quantitative estimate of drug-likeness (QED) is 0.245. The van der Waals surface area contributed by atoms with E-state index in [1.807, 2.05) is 6.92 Å². The van der Waals surface area contributed by atoms with Gasteiger partial charge in [-0.15, -0.1) is 0 Å². The lowest BCUT2D eigenvalue weighted by Gasteiger charge is -2.42. The predicted octanol–water partition coefficient (Wildman–Crippen LogP) is 8.33. The van der Waals surface area contributed by atoms with Crippen LogP contribution in [0.3, 0.4) is 0 Å². The molecule has 7 rings (SSSR count). The Bertz CT molecular complexity index is 1880. The molecule has 0 unspecified atom stereocenters. The fourth-order valence-electron chi connectivity index (χ4n) is 6.66. The molecule has 0 saturated heterocycles. The van der Waals surface area contributed by atoms with Crippen molar-refractivity contribution in [2.75, 3.05) is 9.80 Å². The Morgan fingerprint density at radius 3 is 2.34 bits per heavy atom. The van der Waals surface area contributed by atoms with Crippen molar-refractivity contribution >= 4 is 50.0 Å². The van der Waals surface area contributed by atoms with Gasteiger partial charge in [0.15, 0.2) is 5.58 Å². The largest absolute Gasteiger partial charge is 0.435 e. The number of rotatable bonds is 3. The first-order valence-corrected chi connectivity index (χ1v) is 13.3. The Labute approximate surface area is 222 Å². The Hall–Kier alpha value is -4.25. The van der Waals surface area contributed by atoms with Gasteiger partial charge in [-0.1, -0.05) is 42.5 Å². The highest BCUT2D eigenvalue weighted by atomic mass is 16.3. The second kappa shape index (κ2) is 7.87. The summed E-state index contributed by atoms with van der Waals surface area (Å²) >= 11 is 0. The summed E-state index contributed by atoms with van der Waals surface area (Å²) in [6, 6.07) is 28.3. The molecule has 3 aromatic carbocycles. The molecule has 0 N–H and O–H groups in total. The van der Waals surface area contributed by atoms with Crippen LogP contribution >= 0.6 is 0 Å². The number of fused-ring (bicyclic) bond motifs is 5. The smallest absolute Gasteiger partial charge is 0.227 e. The van der Waals surface area contributed by atoms with Gasteiger partial charge >= 0.3 is 0 Å². The van der Waals surface area contributed by atoms with Crippen LogP contribution in [0.25, 0.3) is 33.0 Å². The first kappa shape index (κ1) is 22.9. The lowest BCUT2D eigenvalue weighted by atomic mass is 9.96. The normalized spacial score (nSPS) is 15.8. The van der Waals surface area contributed by atoms with Crippen LogP contribution in [0.15, 0.2) is 83.3 Å². The van der Waals surface area contributed by atoms with E-state index < -0.39 is 0 Å². The number of aryl methyl sites for hydroxylation is 3. The molecule has 3 aromatic heterocycles. The fourth-order valence-corrected chi connectivity index (χ4v) is 6.66. The number of para-hydroxylation sites is 3. The molecular weight excluding hydrogens is 468 g/mol. The van der Waals surface area contributed by atoms with Crippen molar-refractivity contribution < 1.29 is 4.42 Å². The van der Waals surface area contributed by atoms with Crippen LogP contribution in [-0.4, -0.2) is 15.7 Å². The SMILES string of the molecule is Cc1ccc2c(n1)oc1c(N3c4ccccc4N(C(C)(C)c4cc5ccccc5n4C)[C@@H]3C)c(C)ccc12. The number of pyridine rings is 1. The van der Waals surface area contributed by atoms with Crippen molar-refractivity contribution in [3.63, 3.8) is 0 Å². The highest BCUT2D eigenvalue weighted by Crippen LogP contribution is 2.52. The molecule has 0 fully saturated rings. The standard InChI is InChI=1S/C33H32N4O/c1-20-15-17-24-25-18-16-21(2)34-32(25)38-31(24)30(20)36-22(3)37(28-14-10-9-13-27(28)36)33(4,5)29-19-23-11-7-8-12-26(23)35(29)6/h7-19,22H,1-6H3/t22-/m1/s1. The van der Waals surface area contributed by atoms with Crippen molar-refractivity contribution in [1.82, 2.24) is 9.55 Å². The third kappa shape index (κ3) is 3.02. The number of anilines is 3. The third-order valence-electron chi connectivity index (χ3n) is 8.39. The zero-order chi connectivity index (χ0) is 26.3. The number of aromatic nitrogens is 2. The summed E-state index contributed by atoms with van der Waals surface area (Å²) in [6.45, 7) is 11.1. The number of hydrogen-bond donors (Lipinski definition) is 0. The highest BCUT2D eigenvalue weighted by Gasteiger charge is 2.44. The Balaban J connectivity index is 1.45. The van der Waals surface area contributed by atoms with Crippen molar-refractivity contribution in [2.45, 2.75) is 46.3 Å². The van der Waals surface area contributed by atoms with E-state index in [-0.39, 0.29) is 11.7 Å². The molecule has 4 heterocycles. The van der Waals surface area contributed by atoms with Gasteiger partial charge in [0.05, 0.1) is 22.6 Å². The number of furan rings is 1. The van der Waals surface area contributed by atoms with Crippen molar-refractivity contribution in [3.8, 4) is 0 Å². The lowest BCUT2D eigenvalue weighted by molar-refractivity contribution is 0.427. The van der Waals surface area contributed by atoms with Gasteiger partial charge in [-0.05, 0) is 82.0 Å². The van der Waals surface area contributed by atoms with Crippen LogP contribution in [0.2, 0.25) is 0 Å². The van der Waals surface area contributed by atoms with Gasteiger partial charge in [0.1, 0.15) is 6.17 Å². The maximum absolute atomic E-state index is 6.51. The molecule has 190 valence electrons. The summed E-state index contributed by atoms with van der Waals surface area (Å²) in [5, 5.41) is 3.42. The minimum atomic E-state index is -0.285. The Kier molecular flexibility index (Phi) is 4.75. The van der Waals surface area contributed by atoms with E-state index in [1.165, 1.54) is 33.5 Å². The van der Waals surface area contributed by atoms with Gasteiger partial charge in [0.2, 0.25) is 5.71 Å². The third-order valence-corrected chi connectivity index (χ3v) is 8.39. The molecule has 5 nitrogen and oxygen atoms in total. The zero-order valence-corrected chi connectivity index (χ0v) is 22.8. The molecule has 5 heteroatoms. The molecule has 6 aromatic rings. The van der Waals surface area contributed by atoms with E-state index in [2.05, 4.69) is 128 Å². The monoisotopic (exact) mass is 500 g/mol. The van der Waals surface area contributed by atoms with Gasteiger partial charge in [0, 0.05) is 34.7 Å². The second-order valence-electron chi connectivity index (χ2n) is 11.1. The van der Waals surface area contributed by atoms with E-state index in [0.29, 0.717) is 5.71 Å². The molecule has 0 radical (unpaired) electrons. The maximum atomic E-state index is 6.51. The molecule has 0 bridgehead atoms.